The molecule has 0 aromatic carbocycles. The lowest BCUT2D eigenvalue weighted by atomic mass is 10.1. The van der Waals surface area contributed by atoms with Crippen LogP contribution in [0.2, 0.25) is 0 Å². The smallest absolute Gasteiger partial charge is 0.0271 e. The summed E-state index contributed by atoms with van der Waals surface area (Å²) in [4.78, 5) is 6.55. The van der Waals surface area contributed by atoms with Gasteiger partial charge in [-0.1, -0.05) is 27.7 Å². The molecule has 0 aliphatic rings. The van der Waals surface area contributed by atoms with Gasteiger partial charge in [-0.3, -0.25) is 9.88 Å². The molecule has 102 valence electrons. The Morgan fingerprint density at radius 1 is 1.22 bits per heavy atom. The summed E-state index contributed by atoms with van der Waals surface area (Å²) in [7, 11) is 0. The van der Waals surface area contributed by atoms with Gasteiger partial charge in [0.05, 0.1) is 0 Å². The topological polar surface area (TPSA) is 28.2 Å². The Morgan fingerprint density at radius 3 is 2.44 bits per heavy atom. The third kappa shape index (κ3) is 6.12. The first kappa shape index (κ1) is 15.1. The van der Waals surface area contributed by atoms with Crippen molar-refractivity contribution >= 4 is 0 Å². The summed E-state index contributed by atoms with van der Waals surface area (Å²) in [5.74, 6) is 0.675. The van der Waals surface area contributed by atoms with Gasteiger partial charge in [-0.05, 0) is 36.7 Å². The van der Waals surface area contributed by atoms with Crippen molar-refractivity contribution in [1.82, 2.24) is 15.2 Å². The molecule has 1 N–H and O–H groups in total. The zero-order valence-electron chi connectivity index (χ0n) is 12.2. The van der Waals surface area contributed by atoms with E-state index in [1.807, 2.05) is 12.4 Å². The molecule has 0 radical (unpaired) electrons. The third-order valence-corrected chi connectivity index (χ3v) is 3.05. The molecule has 0 aliphatic heterocycles. The van der Waals surface area contributed by atoms with Crippen LogP contribution < -0.4 is 5.32 Å². The monoisotopic (exact) mass is 249 g/mol. The molecular weight excluding hydrogens is 222 g/mol. The van der Waals surface area contributed by atoms with Gasteiger partial charge in [-0.15, -0.1) is 0 Å². The Morgan fingerprint density at radius 2 is 1.89 bits per heavy atom. The molecule has 1 heterocycles. The summed E-state index contributed by atoms with van der Waals surface area (Å²) in [6.07, 6.45) is 3.74. The lowest BCUT2D eigenvalue weighted by molar-refractivity contribution is 0.236. The Hall–Kier alpha value is -0.930. The van der Waals surface area contributed by atoms with E-state index in [2.05, 4.69) is 55.0 Å². The molecule has 0 aliphatic carbocycles. The van der Waals surface area contributed by atoms with E-state index in [9.17, 15) is 0 Å². The molecule has 0 bridgehead atoms. The minimum absolute atomic E-state index is 0.572. The lowest BCUT2D eigenvalue weighted by Crippen LogP contribution is -2.35. The molecule has 1 rings (SSSR count). The quantitative estimate of drug-likeness (QED) is 0.767. The number of nitrogens with zero attached hydrogens (tertiary/aromatic N) is 2. The van der Waals surface area contributed by atoms with E-state index in [1.165, 1.54) is 5.56 Å². The molecule has 0 fully saturated rings. The van der Waals surface area contributed by atoms with Crippen molar-refractivity contribution in [3.8, 4) is 0 Å². The third-order valence-electron chi connectivity index (χ3n) is 3.05. The predicted octanol–water partition coefficient (Wildman–Crippen LogP) is 2.54. The van der Waals surface area contributed by atoms with Crippen LogP contribution in [0.15, 0.2) is 24.5 Å². The number of aromatic nitrogens is 1. The molecule has 0 spiro atoms. The van der Waals surface area contributed by atoms with Crippen molar-refractivity contribution in [2.45, 2.75) is 40.3 Å². The maximum absolute atomic E-state index is 4.06. The molecule has 0 amide bonds. The highest BCUT2D eigenvalue weighted by Gasteiger charge is 2.09. The largest absolute Gasteiger partial charge is 0.314 e. The predicted molar refractivity (Wildman–Crippen MR) is 77.5 cm³/mol. The fourth-order valence-electron chi connectivity index (χ4n) is 1.99. The van der Waals surface area contributed by atoms with E-state index in [0.29, 0.717) is 12.0 Å². The number of hydrogen-bond donors (Lipinski definition) is 1. The van der Waals surface area contributed by atoms with Gasteiger partial charge in [0.25, 0.3) is 0 Å². The molecule has 0 saturated carbocycles. The van der Waals surface area contributed by atoms with Crippen LogP contribution in [0.25, 0.3) is 0 Å². The first-order valence-corrected chi connectivity index (χ1v) is 6.96. The van der Waals surface area contributed by atoms with Crippen molar-refractivity contribution in [3.05, 3.63) is 30.1 Å². The van der Waals surface area contributed by atoms with Gasteiger partial charge in [0.2, 0.25) is 0 Å². The summed E-state index contributed by atoms with van der Waals surface area (Å²) in [6, 6.07) is 4.77. The first-order valence-electron chi connectivity index (χ1n) is 6.96. The van der Waals surface area contributed by atoms with Gasteiger partial charge in [0.15, 0.2) is 0 Å². The van der Waals surface area contributed by atoms with E-state index in [0.717, 1.165) is 26.2 Å². The van der Waals surface area contributed by atoms with E-state index < -0.39 is 0 Å². The molecule has 18 heavy (non-hydrogen) atoms. The van der Waals surface area contributed by atoms with Crippen LogP contribution in [0, 0.1) is 5.92 Å². The SMILES string of the molecule is CCN(Cc1ccncc1)CC(C)CNC(C)C. The Bertz CT molecular complexity index is 311. The Kier molecular flexibility index (Phi) is 6.91. The highest BCUT2D eigenvalue weighted by molar-refractivity contribution is 5.09. The van der Waals surface area contributed by atoms with Crippen LogP contribution >= 0.6 is 0 Å². The summed E-state index contributed by atoms with van der Waals surface area (Å²) in [5, 5.41) is 3.50. The van der Waals surface area contributed by atoms with Crippen molar-refractivity contribution in [2.24, 2.45) is 5.92 Å². The summed E-state index contributed by atoms with van der Waals surface area (Å²) in [5.41, 5.74) is 1.34. The molecular formula is C15H27N3. The average Bonchev–Trinajstić information content (AvgIpc) is 2.37. The van der Waals surface area contributed by atoms with Crippen molar-refractivity contribution in [1.29, 1.82) is 0 Å². The summed E-state index contributed by atoms with van der Waals surface area (Å²) in [6.45, 7) is 13.3. The number of nitrogens with one attached hydrogen (secondary N) is 1. The van der Waals surface area contributed by atoms with Gasteiger partial charge >= 0.3 is 0 Å². The van der Waals surface area contributed by atoms with Gasteiger partial charge in [-0.2, -0.15) is 0 Å². The van der Waals surface area contributed by atoms with Crippen molar-refractivity contribution in [3.63, 3.8) is 0 Å². The summed E-state index contributed by atoms with van der Waals surface area (Å²) >= 11 is 0. The minimum Gasteiger partial charge on any atom is -0.314 e. The molecule has 1 atom stereocenters. The highest BCUT2D eigenvalue weighted by Crippen LogP contribution is 2.06. The lowest BCUT2D eigenvalue weighted by Gasteiger charge is -2.25. The Balaban J connectivity index is 2.37. The van der Waals surface area contributed by atoms with E-state index in [4.69, 9.17) is 0 Å². The molecule has 3 heteroatoms. The van der Waals surface area contributed by atoms with Crippen LogP contribution in [-0.4, -0.2) is 35.6 Å². The highest BCUT2D eigenvalue weighted by atomic mass is 15.1. The molecule has 3 nitrogen and oxygen atoms in total. The van der Waals surface area contributed by atoms with E-state index in [-0.39, 0.29) is 0 Å². The van der Waals surface area contributed by atoms with Crippen LogP contribution in [0.3, 0.4) is 0 Å². The van der Waals surface area contributed by atoms with Gasteiger partial charge < -0.3 is 5.32 Å². The number of hydrogen-bond acceptors (Lipinski definition) is 3. The number of rotatable bonds is 8. The van der Waals surface area contributed by atoms with Gasteiger partial charge in [0.1, 0.15) is 0 Å². The Labute approximate surface area is 112 Å². The van der Waals surface area contributed by atoms with E-state index in [1.54, 1.807) is 0 Å². The maximum Gasteiger partial charge on any atom is 0.0271 e. The second-order valence-corrected chi connectivity index (χ2v) is 5.35. The van der Waals surface area contributed by atoms with Crippen LogP contribution in [0.5, 0.6) is 0 Å². The fraction of sp³-hybridized carbons (Fsp3) is 0.667. The van der Waals surface area contributed by atoms with Crippen LogP contribution in [0.4, 0.5) is 0 Å². The fourth-order valence-corrected chi connectivity index (χ4v) is 1.99. The van der Waals surface area contributed by atoms with E-state index >= 15 is 0 Å². The van der Waals surface area contributed by atoms with Crippen LogP contribution in [0.1, 0.15) is 33.3 Å². The molecule has 1 unspecified atom stereocenters. The van der Waals surface area contributed by atoms with Crippen LogP contribution in [-0.2, 0) is 6.54 Å². The summed E-state index contributed by atoms with van der Waals surface area (Å²) < 4.78 is 0. The second-order valence-electron chi connectivity index (χ2n) is 5.35. The molecule has 0 saturated heterocycles. The van der Waals surface area contributed by atoms with Gasteiger partial charge in [0, 0.05) is 31.5 Å². The minimum atomic E-state index is 0.572. The first-order chi connectivity index (χ1) is 8.61. The van der Waals surface area contributed by atoms with Crippen molar-refractivity contribution in [2.75, 3.05) is 19.6 Å². The number of pyridine rings is 1. The normalized spacial score (nSPS) is 13.2. The van der Waals surface area contributed by atoms with Gasteiger partial charge in [-0.25, -0.2) is 0 Å². The van der Waals surface area contributed by atoms with Crippen molar-refractivity contribution < 1.29 is 0 Å². The maximum atomic E-state index is 4.06. The standard InChI is InChI=1S/C15H27N3/c1-5-18(11-14(4)10-17-13(2)3)12-15-6-8-16-9-7-15/h6-9,13-14,17H,5,10-12H2,1-4H3. The molecule has 1 aromatic heterocycles. The second kappa shape index (κ2) is 8.22. The zero-order valence-corrected chi connectivity index (χ0v) is 12.2. The average molecular weight is 249 g/mol. The zero-order chi connectivity index (χ0) is 13.4. The molecule has 1 aromatic rings.